The summed E-state index contributed by atoms with van der Waals surface area (Å²) in [4.78, 5) is 12.0. The van der Waals surface area contributed by atoms with Crippen molar-refractivity contribution < 1.29 is 18.7 Å². The summed E-state index contributed by atoms with van der Waals surface area (Å²) in [6, 6.07) is 12.2. The van der Waals surface area contributed by atoms with Crippen LogP contribution in [0, 0.1) is 5.82 Å². The SMILES string of the molecule is COC(=O)C(Nc1cccc(F)c1)c1ccccc1OC. The summed E-state index contributed by atoms with van der Waals surface area (Å²) in [5, 5.41) is 2.97. The maximum absolute atomic E-state index is 13.3. The van der Waals surface area contributed by atoms with Crippen molar-refractivity contribution in [3.05, 3.63) is 59.9 Å². The zero-order valence-electron chi connectivity index (χ0n) is 11.8. The maximum Gasteiger partial charge on any atom is 0.333 e. The van der Waals surface area contributed by atoms with Crippen LogP contribution >= 0.6 is 0 Å². The first-order valence-electron chi connectivity index (χ1n) is 6.38. The summed E-state index contributed by atoms with van der Waals surface area (Å²) in [6.45, 7) is 0. The van der Waals surface area contributed by atoms with E-state index in [9.17, 15) is 9.18 Å². The molecule has 0 aromatic heterocycles. The fourth-order valence-electron chi connectivity index (χ4n) is 2.03. The fraction of sp³-hybridized carbons (Fsp3) is 0.188. The number of hydrogen-bond acceptors (Lipinski definition) is 4. The molecule has 1 atom stereocenters. The molecular weight excluding hydrogens is 273 g/mol. The fourth-order valence-corrected chi connectivity index (χ4v) is 2.03. The Labute approximate surface area is 122 Å². The van der Waals surface area contributed by atoms with Gasteiger partial charge in [0.15, 0.2) is 6.04 Å². The summed E-state index contributed by atoms with van der Waals surface area (Å²) in [5.74, 6) is -0.316. The van der Waals surface area contributed by atoms with E-state index >= 15 is 0 Å². The maximum atomic E-state index is 13.3. The van der Waals surface area contributed by atoms with Gasteiger partial charge < -0.3 is 14.8 Å². The minimum absolute atomic E-state index is 0.386. The molecule has 1 unspecified atom stereocenters. The lowest BCUT2D eigenvalue weighted by Gasteiger charge is -2.20. The Bertz CT molecular complexity index is 630. The third kappa shape index (κ3) is 3.51. The zero-order valence-corrected chi connectivity index (χ0v) is 11.8. The molecule has 0 aliphatic rings. The second kappa shape index (κ2) is 6.74. The van der Waals surface area contributed by atoms with Crippen LogP contribution in [0.5, 0.6) is 5.75 Å². The second-order valence-corrected chi connectivity index (χ2v) is 4.35. The minimum Gasteiger partial charge on any atom is -0.496 e. The molecule has 1 N–H and O–H groups in total. The number of anilines is 1. The molecule has 0 aliphatic heterocycles. The normalized spacial score (nSPS) is 11.6. The van der Waals surface area contributed by atoms with Gasteiger partial charge in [0.25, 0.3) is 0 Å². The lowest BCUT2D eigenvalue weighted by Crippen LogP contribution is -2.23. The summed E-state index contributed by atoms with van der Waals surface area (Å²) >= 11 is 0. The summed E-state index contributed by atoms with van der Waals surface area (Å²) in [7, 11) is 2.83. The van der Waals surface area contributed by atoms with E-state index in [2.05, 4.69) is 5.32 Å². The van der Waals surface area contributed by atoms with E-state index in [0.29, 0.717) is 17.0 Å². The molecule has 0 spiro atoms. The Morgan fingerprint density at radius 3 is 2.57 bits per heavy atom. The zero-order chi connectivity index (χ0) is 15.2. The van der Waals surface area contributed by atoms with Crippen molar-refractivity contribution in [1.29, 1.82) is 0 Å². The second-order valence-electron chi connectivity index (χ2n) is 4.35. The van der Waals surface area contributed by atoms with Crippen LogP contribution < -0.4 is 10.1 Å². The van der Waals surface area contributed by atoms with Crippen molar-refractivity contribution in [3.8, 4) is 5.75 Å². The van der Waals surface area contributed by atoms with Gasteiger partial charge in [-0.05, 0) is 24.3 Å². The average molecular weight is 289 g/mol. The highest BCUT2D eigenvalue weighted by Crippen LogP contribution is 2.28. The van der Waals surface area contributed by atoms with Crippen molar-refractivity contribution in [2.24, 2.45) is 0 Å². The van der Waals surface area contributed by atoms with Crippen LogP contribution in [-0.4, -0.2) is 20.2 Å². The molecular formula is C16H16FNO3. The molecule has 21 heavy (non-hydrogen) atoms. The van der Waals surface area contributed by atoms with Gasteiger partial charge in [-0.15, -0.1) is 0 Å². The van der Waals surface area contributed by atoms with E-state index in [4.69, 9.17) is 9.47 Å². The van der Waals surface area contributed by atoms with Crippen molar-refractivity contribution in [1.82, 2.24) is 0 Å². The van der Waals surface area contributed by atoms with E-state index in [1.165, 1.54) is 26.4 Å². The molecule has 0 heterocycles. The first-order valence-corrected chi connectivity index (χ1v) is 6.38. The van der Waals surface area contributed by atoms with Crippen LogP contribution in [0.4, 0.5) is 10.1 Å². The van der Waals surface area contributed by atoms with Crippen LogP contribution in [0.3, 0.4) is 0 Å². The van der Waals surface area contributed by atoms with Gasteiger partial charge in [-0.25, -0.2) is 9.18 Å². The number of halogens is 1. The number of nitrogens with one attached hydrogen (secondary N) is 1. The average Bonchev–Trinajstić information content (AvgIpc) is 2.52. The monoisotopic (exact) mass is 289 g/mol. The van der Waals surface area contributed by atoms with E-state index in [1.54, 1.807) is 36.4 Å². The molecule has 0 bridgehead atoms. The van der Waals surface area contributed by atoms with Crippen LogP contribution in [0.25, 0.3) is 0 Å². The number of para-hydroxylation sites is 1. The topological polar surface area (TPSA) is 47.6 Å². The molecule has 0 aliphatic carbocycles. The van der Waals surface area contributed by atoms with E-state index in [-0.39, 0.29) is 5.82 Å². The summed E-state index contributed by atoms with van der Waals surface area (Å²) < 4.78 is 23.3. The van der Waals surface area contributed by atoms with Crippen molar-refractivity contribution in [2.45, 2.75) is 6.04 Å². The van der Waals surface area contributed by atoms with Gasteiger partial charge >= 0.3 is 5.97 Å². The third-order valence-electron chi connectivity index (χ3n) is 3.02. The van der Waals surface area contributed by atoms with Crippen LogP contribution in [-0.2, 0) is 9.53 Å². The predicted molar refractivity (Wildman–Crippen MR) is 77.8 cm³/mol. The predicted octanol–water partition coefficient (Wildman–Crippen LogP) is 3.16. The Balaban J connectivity index is 2.37. The molecule has 4 nitrogen and oxygen atoms in total. The Morgan fingerprint density at radius 1 is 1.14 bits per heavy atom. The molecule has 2 aromatic rings. The Kier molecular flexibility index (Phi) is 4.77. The van der Waals surface area contributed by atoms with Gasteiger partial charge in [0.2, 0.25) is 0 Å². The number of rotatable bonds is 5. The smallest absolute Gasteiger partial charge is 0.333 e. The third-order valence-corrected chi connectivity index (χ3v) is 3.02. The van der Waals surface area contributed by atoms with Gasteiger partial charge in [-0.2, -0.15) is 0 Å². The Hall–Kier alpha value is -2.56. The van der Waals surface area contributed by atoms with Crippen molar-refractivity contribution >= 4 is 11.7 Å². The molecule has 2 aromatic carbocycles. The van der Waals surface area contributed by atoms with Gasteiger partial charge in [0.05, 0.1) is 14.2 Å². The minimum atomic E-state index is -0.784. The largest absolute Gasteiger partial charge is 0.496 e. The van der Waals surface area contributed by atoms with Gasteiger partial charge in [-0.1, -0.05) is 24.3 Å². The molecule has 0 saturated heterocycles. The van der Waals surface area contributed by atoms with Gasteiger partial charge in [-0.3, -0.25) is 0 Å². The number of methoxy groups -OCH3 is 2. The first kappa shape index (κ1) is 14.8. The standard InChI is InChI=1S/C16H16FNO3/c1-20-14-9-4-3-8-13(14)15(16(19)21-2)18-12-7-5-6-11(17)10-12/h3-10,15,18H,1-2H3. The van der Waals surface area contributed by atoms with Gasteiger partial charge in [0, 0.05) is 11.3 Å². The number of carbonyl (C=O) groups excluding carboxylic acids is 1. The van der Waals surface area contributed by atoms with Crippen LogP contribution in [0.2, 0.25) is 0 Å². The molecule has 0 fully saturated rings. The molecule has 110 valence electrons. The highest BCUT2D eigenvalue weighted by atomic mass is 19.1. The van der Waals surface area contributed by atoms with Gasteiger partial charge in [0.1, 0.15) is 11.6 Å². The van der Waals surface area contributed by atoms with E-state index in [0.717, 1.165) is 0 Å². The number of esters is 1. The highest BCUT2D eigenvalue weighted by molar-refractivity contribution is 5.82. The molecule has 0 saturated carbocycles. The van der Waals surface area contributed by atoms with Crippen LogP contribution in [0.15, 0.2) is 48.5 Å². The lowest BCUT2D eigenvalue weighted by molar-refractivity contribution is -0.141. The molecule has 5 heteroatoms. The number of hydrogen-bond donors (Lipinski definition) is 1. The first-order chi connectivity index (χ1) is 10.2. The molecule has 0 radical (unpaired) electrons. The van der Waals surface area contributed by atoms with E-state index < -0.39 is 12.0 Å². The lowest BCUT2D eigenvalue weighted by atomic mass is 10.1. The number of carbonyl (C=O) groups is 1. The number of benzene rings is 2. The summed E-state index contributed by atoms with van der Waals surface area (Å²) in [6.07, 6.45) is 0. The Morgan fingerprint density at radius 2 is 1.90 bits per heavy atom. The number of ether oxygens (including phenoxy) is 2. The van der Waals surface area contributed by atoms with E-state index in [1.807, 2.05) is 0 Å². The molecule has 0 amide bonds. The quantitative estimate of drug-likeness (QED) is 0.859. The van der Waals surface area contributed by atoms with Crippen molar-refractivity contribution in [2.75, 3.05) is 19.5 Å². The van der Waals surface area contributed by atoms with Crippen molar-refractivity contribution in [3.63, 3.8) is 0 Å². The van der Waals surface area contributed by atoms with Crippen LogP contribution in [0.1, 0.15) is 11.6 Å². The molecule has 2 rings (SSSR count). The summed E-state index contributed by atoms with van der Waals surface area (Å²) in [5.41, 5.74) is 1.10. The highest BCUT2D eigenvalue weighted by Gasteiger charge is 2.24.